The first-order valence-electron chi connectivity index (χ1n) is 6.18. The molecule has 3 rings (SSSR count). The number of carbonyl (C=O) groups is 2. The zero-order chi connectivity index (χ0) is 14.1. The number of ketones is 2. The Labute approximate surface area is 115 Å². The summed E-state index contributed by atoms with van der Waals surface area (Å²) in [5, 5.41) is 0. The maximum Gasteiger partial charge on any atom is 0.228 e. The molecule has 0 radical (unpaired) electrons. The summed E-state index contributed by atoms with van der Waals surface area (Å²) in [4.78, 5) is 36.4. The van der Waals surface area contributed by atoms with Gasteiger partial charge in [-0.3, -0.25) is 9.59 Å². The Morgan fingerprint density at radius 1 is 1.10 bits per heavy atom. The second kappa shape index (κ2) is 4.77. The third-order valence-electron chi connectivity index (χ3n) is 3.03. The van der Waals surface area contributed by atoms with Crippen LogP contribution in [0.15, 0.2) is 41.7 Å². The molecule has 1 aliphatic rings. The third kappa shape index (κ3) is 2.14. The van der Waals surface area contributed by atoms with Gasteiger partial charge in [0.25, 0.3) is 0 Å². The number of rotatable bonds is 1. The van der Waals surface area contributed by atoms with E-state index in [0.717, 1.165) is 5.56 Å². The summed E-state index contributed by atoms with van der Waals surface area (Å²) in [5.74, 6) is -0.548. The molecule has 0 atom stereocenters. The van der Waals surface area contributed by atoms with Crippen molar-refractivity contribution in [3.8, 4) is 0 Å². The minimum atomic E-state index is -0.325. The van der Waals surface area contributed by atoms with Crippen molar-refractivity contribution < 1.29 is 9.59 Å². The predicted molar refractivity (Wildman–Crippen MR) is 73.6 cm³/mol. The van der Waals surface area contributed by atoms with E-state index in [1.807, 2.05) is 25.1 Å². The lowest BCUT2D eigenvalue weighted by atomic mass is 9.95. The molecule has 5 heteroatoms. The lowest BCUT2D eigenvalue weighted by Gasteiger charge is -2.13. The number of hydrogen-bond acceptors (Lipinski definition) is 5. The molecule has 0 saturated carbocycles. The Bertz CT molecular complexity index is 750. The maximum absolute atomic E-state index is 12.3. The van der Waals surface area contributed by atoms with Gasteiger partial charge >= 0.3 is 0 Å². The quantitative estimate of drug-likeness (QED) is 0.793. The monoisotopic (exact) mass is 265 g/mol. The van der Waals surface area contributed by atoms with E-state index in [9.17, 15) is 9.59 Å². The van der Waals surface area contributed by atoms with Gasteiger partial charge in [0.05, 0.1) is 17.8 Å². The summed E-state index contributed by atoms with van der Waals surface area (Å²) in [6.45, 7) is 1.94. The van der Waals surface area contributed by atoms with E-state index in [-0.39, 0.29) is 35.1 Å². The van der Waals surface area contributed by atoms with E-state index in [2.05, 4.69) is 15.0 Å². The fourth-order valence-corrected chi connectivity index (χ4v) is 2.10. The minimum absolute atomic E-state index is 0.0293. The smallest absolute Gasteiger partial charge is 0.228 e. The largest absolute Gasteiger partial charge is 0.292 e. The molecular formula is C15H11N3O2. The topological polar surface area (TPSA) is 72.3 Å². The molecular weight excluding hydrogens is 254 g/mol. The molecule has 20 heavy (non-hydrogen) atoms. The number of aliphatic imine (C=N–C) groups is 1. The second-order valence-electron chi connectivity index (χ2n) is 4.58. The van der Waals surface area contributed by atoms with Gasteiger partial charge in [-0.15, -0.1) is 0 Å². The van der Waals surface area contributed by atoms with Gasteiger partial charge < -0.3 is 0 Å². The van der Waals surface area contributed by atoms with Crippen molar-refractivity contribution in [2.24, 2.45) is 4.99 Å². The van der Waals surface area contributed by atoms with Gasteiger partial charge in [-0.1, -0.05) is 12.1 Å². The highest BCUT2D eigenvalue weighted by atomic mass is 16.1. The Hall–Kier alpha value is -2.69. The highest BCUT2D eigenvalue weighted by Gasteiger charge is 2.31. The number of benzene rings is 1. The minimum Gasteiger partial charge on any atom is -0.292 e. The maximum atomic E-state index is 12.3. The van der Waals surface area contributed by atoms with Gasteiger partial charge in [0.15, 0.2) is 5.78 Å². The number of hydrogen-bond donors (Lipinski definition) is 0. The molecule has 0 N–H and O–H groups in total. The molecule has 98 valence electrons. The summed E-state index contributed by atoms with van der Waals surface area (Å²) in [6.07, 6.45) is 2.78. The highest BCUT2D eigenvalue weighted by molar-refractivity contribution is 6.52. The average molecular weight is 265 g/mol. The van der Waals surface area contributed by atoms with E-state index < -0.39 is 0 Å². The number of carbonyl (C=O) groups excluding carboxylic acids is 2. The van der Waals surface area contributed by atoms with Crippen molar-refractivity contribution >= 4 is 23.0 Å². The van der Waals surface area contributed by atoms with E-state index >= 15 is 0 Å². The predicted octanol–water partition coefficient (Wildman–Crippen LogP) is 2.33. The van der Waals surface area contributed by atoms with Crippen molar-refractivity contribution in [3.63, 3.8) is 0 Å². The van der Waals surface area contributed by atoms with E-state index in [4.69, 9.17) is 0 Å². The summed E-state index contributed by atoms with van der Waals surface area (Å²) < 4.78 is 0. The molecule has 0 amide bonds. The molecule has 0 saturated heterocycles. The molecule has 1 aromatic carbocycles. The zero-order valence-corrected chi connectivity index (χ0v) is 10.8. The second-order valence-corrected chi connectivity index (χ2v) is 4.58. The number of nitrogens with zero attached hydrogens (tertiary/aromatic N) is 3. The van der Waals surface area contributed by atoms with Crippen molar-refractivity contribution in [2.45, 2.75) is 13.3 Å². The van der Waals surface area contributed by atoms with Crippen LogP contribution >= 0.6 is 0 Å². The van der Waals surface area contributed by atoms with Crippen LogP contribution in [0.2, 0.25) is 0 Å². The Balaban J connectivity index is 2.05. The highest BCUT2D eigenvalue weighted by Crippen LogP contribution is 2.20. The van der Waals surface area contributed by atoms with Gasteiger partial charge in [0.1, 0.15) is 11.4 Å². The van der Waals surface area contributed by atoms with Crippen LogP contribution in [0.3, 0.4) is 0 Å². The fourth-order valence-electron chi connectivity index (χ4n) is 2.10. The summed E-state index contributed by atoms with van der Waals surface area (Å²) in [6, 6.07) is 7.46. The van der Waals surface area contributed by atoms with Crippen molar-refractivity contribution in [3.05, 3.63) is 53.6 Å². The molecule has 0 spiro atoms. The Kier molecular flexibility index (Phi) is 2.95. The van der Waals surface area contributed by atoms with E-state index in [0.29, 0.717) is 5.69 Å². The van der Waals surface area contributed by atoms with Crippen LogP contribution in [0, 0.1) is 6.92 Å². The number of Topliss-reactive ketones (excluding diaryl/α,β-unsaturated/α-hetero) is 2. The number of fused-ring (bicyclic) bond motifs is 1. The summed E-state index contributed by atoms with van der Waals surface area (Å²) in [7, 11) is 0. The van der Waals surface area contributed by atoms with Crippen LogP contribution < -0.4 is 0 Å². The molecule has 2 aromatic rings. The van der Waals surface area contributed by atoms with Gasteiger partial charge in [-0.25, -0.2) is 15.0 Å². The first kappa shape index (κ1) is 12.3. The fraction of sp³-hybridized carbons (Fsp3) is 0.133. The average Bonchev–Trinajstić information content (AvgIpc) is 2.45. The Morgan fingerprint density at radius 2 is 1.85 bits per heavy atom. The molecule has 0 fully saturated rings. The zero-order valence-electron chi connectivity index (χ0n) is 10.8. The summed E-state index contributed by atoms with van der Waals surface area (Å²) in [5.41, 5.74) is 2.15. The third-order valence-corrected chi connectivity index (χ3v) is 3.03. The van der Waals surface area contributed by atoms with Crippen molar-refractivity contribution in [2.75, 3.05) is 0 Å². The van der Waals surface area contributed by atoms with E-state index in [1.165, 1.54) is 12.4 Å². The van der Waals surface area contributed by atoms with Crippen LogP contribution in [0.1, 0.15) is 33.0 Å². The number of aromatic nitrogens is 2. The lowest BCUT2D eigenvalue weighted by molar-refractivity contribution is 0.0957. The van der Waals surface area contributed by atoms with Crippen LogP contribution in [-0.4, -0.2) is 27.2 Å². The normalized spacial score (nSPS) is 16.4. The SMILES string of the molecule is Cc1cccc(N=C2CC(=O)c3nccnc3C2=O)c1. The first-order valence-corrected chi connectivity index (χ1v) is 6.18. The van der Waals surface area contributed by atoms with Gasteiger partial charge in [-0.2, -0.15) is 0 Å². The summed E-state index contributed by atoms with van der Waals surface area (Å²) >= 11 is 0. The lowest BCUT2D eigenvalue weighted by Crippen LogP contribution is -2.29. The van der Waals surface area contributed by atoms with Gasteiger partial charge in [0, 0.05) is 12.4 Å². The molecule has 0 bridgehead atoms. The van der Waals surface area contributed by atoms with Crippen LogP contribution in [0.5, 0.6) is 0 Å². The Morgan fingerprint density at radius 3 is 2.60 bits per heavy atom. The van der Waals surface area contributed by atoms with Gasteiger partial charge in [0.2, 0.25) is 5.78 Å². The standard InChI is InChI=1S/C15H11N3O2/c1-9-3-2-4-10(7-9)18-11-8-12(19)13-14(15(11)20)17-6-5-16-13/h2-7H,8H2,1H3. The van der Waals surface area contributed by atoms with Gasteiger partial charge in [-0.05, 0) is 24.6 Å². The van der Waals surface area contributed by atoms with Crippen molar-refractivity contribution in [1.29, 1.82) is 0 Å². The van der Waals surface area contributed by atoms with Crippen LogP contribution in [0.25, 0.3) is 0 Å². The molecule has 0 unspecified atom stereocenters. The van der Waals surface area contributed by atoms with E-state index in [1.54, 1.807) is 6.07 Å². The van der Waals surface area contributed by atoms with Crippen LogP contribution in [-0.2, 0) is 0 Å². The van der Waals surface area contributed by atoms with Crippen LogP contribution in [0.4, 0.5) is 5.69 Å². The molecule has 5 nitrogen and oxygen atoms in total. The molecule has 1 aromatic heterocycles. The number of aryl methyl sites for hydroxylation is 1. The molecule has 0 aliphatic heterocycles. The molecule has 1 heterocycles. The van der Waals surface area contributed by atoms with Crippen molar-refractivity contribution in [1.82, 2.24) is 9.97 Å². The first-order chi connectivity index (χ1) is 9.65. The molecule has 1 aliphatic carbocycles.